The summed E-state index contributed by atoms with van der Waals surface area (Å²) in [6, 6.07) is 3.86. The van der Waals surface area contributed by atoms with Gasteiger partial charge in [-0.1, -0.05) is 13.0 Å². The first-order valence-electron chi connectivity index (χ1n) is 5.10. The van der Waals surface area contributed by atoms with Crippen molar-refractivity contribution in [2.75, 3.05) is 12.3 Å². The van der Waals surface area contributed by atoms with Gasteiger partial charge in [0, 0.05) is 5.69 Å². The highest BCUT2D eigenvalue weighted by Gasteiger charge is 2.30. The van der Waals surface area contributed by atoms with Crippen LogP contribution in [0.5, 0.6) is 0 Å². The van der Waals surface area contributed by atoms with E-state index >= 15 is 0 Å². The third-order valence-corrected chi connectivity index (χ3v) is 3.67. The Labute approximate surface area is 103 Å². The molecular formula is C10H13F3N2O2S. The number of rotatable bonds is 4. The van der Waals surface area contributed by atoms with Gasteiger partial charge in [0.15, 0.2) is 0 Å². The van der Waals surface area contributed by atoms with Crippen molar-refractivity contribution in [2.24, 2.45) is 0 Å². The molecule has 1 aromatic carbocycles. The van der Waals surface area contributed by atoms with Crippen molar-refractivity contribution in [3.05, 3.63) is 23.8 Å². The molecule has 0 aromatic heterocycles. The zero-order valence-corrected chi connectivity index (χ0v) is 10.4. The van der Waals surface area contributed by atoms with Crippen LogP contribution >= 0.6 is 0 Å². The van der Waals surface area contributed by atoms with Gasteiger partial charge in [-0.05, 0) is 24.1 Å². The Morgan fingerprint density at radius 1 is 1.33 bits per heavy atom. The monoisotopic (exact) mass is 282 g/mol. The van der Waals surface area contributed by atoms with Crippen LogP contribution in [-0.4, -0.2) is 21.1 Å². The smallest absolute Gasteiger partial charge is 0.398 e. The number of hydrogen-bond acceptors (Lipinski definition) is 3. The predicted molar refractivity (Wildman–Crippen MR) is 61.5 cm³/mol. The number of nitrogens with one attached hydrogen (secondary N) is 1. The third kappa shape index (κ3) is 3.88. The number of benzene rings is 1. The summed E-state index contributed by atoms with van der Waals surface area (Å²) >= 11 is 0. The van der Waals surface area contributed by atoms with Crippen molar-refractivity contribution in [3.8, 4) is 0 Å². The van der Waals surface area contributed by atoms with Crippen molar-refractivity contribution in [1.82, 2.24) is 4.72 Å². The van der Waals surface area contributed by atoms with Gasteiger partial charge in [0.1, 0.15) is 6.54 Å². The van der Waals surface area contributed by atoms with Gasteiger partial charge < -0.3 is 5.73 Å². The Hall–Kier alpha value is -1.28. The van der Waals surface area contributed by atoms with E-state index in [1.165, 1.54) is 16.9 Å². The molecule has 18 heavy (non-hydrogen) atoms. The zero-order valence-electron chi connectivity index (χ0n) is 9.58. The molecule has 0 aliphatic heterocycles. The normalized spacial score (nSPS) is 12.7. The molecule has 0 unspecified atom stereocenters. The molecule has 0 bridgehead atoms. The van der Waals surface area contributed by atoms with E-state index in [9.17, 15) is 21.6 Å². The van der Waals surface area contributed by atoms with Crippen LogP contribution in [0.2, 0.25) is 0 Å². The van der Waals surface area contributed by atoms with Crippen LogP contribution in [0.4, 0.5) is 18.9 Å². The molecule has 0 fully saturated rings. The number of aryl methyl sites for hydroxylation is 1. The van der Waals surface area contributed by atoms with Crippen molar-refractivity contribution in [3.63, 3.8) is 0 Å². The van der Waals surface area contributed by atoms with Crippen LogP contribution in [0.1, 0.15) is 12.5 Å². The van der Waals surface area contributed by atoms with Crippen LogP contribution in [0, 0.1) is 0 Å². The second-order valence-electron chi connectivity index (χ2n) is 3.65. The lowest BCUT2D eigenvalue weighted by atomic mass is 10.1. The number of nitrogens with two attached hydrogens (primary N) is 1. The fourth-order valence-electron chi connectivity index (χ4n) is 1.32. The SMILES string of the molecule is CCc1ccc(S(=O)(=O)NCC(F)(F)F)cc1N. The Kier molecular flexibility index (Phi) is 4.23. The molecule has 0 saturated carbocycles. The summed E-state index contributed by atoms with van der Waals surface area (Å²) in [6.45, 7) is 0.229. The van der Waals surface area contributed by atoms with Crippen molar-refractivity contribution < 1.29 is 21.6 Å². The fourth-order valence-corrected chi connectivity index (χ4v) is 2.37. The van der Waals surface area contributed by atoms with E-state index < -0.39 is 22.7 Å². The summed E-state index contributed by atoms with van der Waals surface area (Å²) < 4.78 is 60.4. The van der Waals surface area contributed by atoms with Gasteiger partial charge in [0.2, 0.25) is 10.0 Å². The maximum absolute atomic E-state index is 11.9. The Balaban J connectivity index is 2.96. The predicted octanol–water partition coefficient (Wildman–Crippen LogP) is 1.67. The molecule has 0 saturated heterocycles. The highest BCUT2D eigenvalue weighted by Crippen LogP contribution is 2.19. The Morgan fingerprint density at radius 3 is 2.39 bits per heavy atom. The minimum Gasteiger partial charge on any atom is -0.398 e. The first-order chi connectivity index (χ1) is 8.15. The number of nitrogen functional groups attached to an aromatic ring is 1. The number of alkyl halides is 3. The second kappa shape index (κ2) is 5.15. The van der Waals surface area contributed by atoms with Crippen LogP contribution in [-0.2, 0) is 16.4 Å². The van der Waals surface area contributed by atoms with E-state index in [-0.39, 0.29) is 10.6 Å². The Morgan fingerprint density at radius 2 is 1.94 bits per heavy atom. The summed E-state index contributed by atoms with van der Waals surface area (Å²) in [4.78, 5) is -0.276. The zero-order chi connectivity index (χ0) is 14.0. The maximum Gasteiger partial charge on any atom is 0.402 e. The first-order valence-corrected chi connectivity index (χ1v) is 6.59. The minimum atomic E-state index is -4.60. The lowest BCUT2D eigenvalue weighted by molar-refractivity contribution is -0.121. The molecule has 0 spiro atoms. The lowest BCUT2D eigenvalue weighted by Crippen LogP contribution is -2.33. The van der Waals surface area contributed by atoms with Gasteiger partial charge in [-0.2, -0.15) is 13.2 Å². The topological polar surface area (TPSA) is 72.2 Å². The van der Waals surface area contributed by atoms with E-state index in [1.807, 2.05) is 6.92 Å². The molecule has 4 nitrogen and oxygen atoms in total. The lowest BCUT2D eigenvalue weighted by Gasteiger charge is -2.10. The molecule has 0 aliphatic rings. The number of halogens is 3. The average molecular weight is 282 g/mol. The summed E-state index contributed by atoms with van der Waals surface area (Å²) in [6.07, 6.45) is -3.98. The largest absolute Gasteiger partial charge is 0.402 e. The van der Waals surface area contributed by atoms with E-state index in [0.29, 0.717) is 6.42 Å². The molecular weight excluding hydrogens is 269 g/mol. The van der Waals surface area contributed by atoms with Gasteiger partial charge in [0.05, 0.1) is 4.90 Å². The van der Waals surface area contributed by atoms with E-state index in [1.54, 1.807) is 0 Å². The molecule has 0 amide bonds. The summed E-state index contributed by atoms with van der Waals surface area (Å²) in [5, 5.41) is 0. The van der Waals surface area contributed by atoms with E-state index in [2.05, 4.69) is 0 Å². The quantitative estimate of drug-likeness (QED) is 0.825. The molecule has 0 atom stereocenters. The van der Waals surface area contributed by atoms with Crippen LogP contribution in [0.3, 0.4) is 0 Å². The third-order valence-electron chi connectivity index (χ3n) is 2.27. The van der Waals surface area contributed by atoms with Crippen LogP contribution < -0.4 is 10.5 Å². The standard InChI is InChI=1S/C10H13F3N2O2S/c1-2-7-3-4-8(5-9(7)14)18(16,17)15-6-10(11,12)13/h3-5,15H,2,6,14H2,1H3. The fraction of sp³-hybridized carbons (Fsp3) is 0.400. The molecule has 1 rings (SSSR count). The van der Waals surface area contributed by atoms with Crippen LogP contribution in [0.25, 0.3) is 0 Å². The minimum absolute atomic E-state index is 0.243. The van der Waals surface area contributed by atoms with E-state index in [4.69, 9.17) is 5.73 Å². The molecule has 3 N–H and O–H groups in total. The molecule has 0 heterocycles. The van der Waals surface area contributed by atoms with Gasteiger partial charge in [0.25, 0.3) is 0 Å². The number of hydrogen-bond donors (Lipinski definition) is 2. The Bertz CT molecular complexity index is 526. The molecule has 0 radical (unpaired) electrons. The number of anilines is 1. The van der Waals surface area contributed by atoms with Crippen LogP contribution in [0.15, 0.2) is 23.1 Å². The first kappa shape index (κ1) is 14.8. The molecule has 8 heteroatoms. The summed E-state index contributed by atoms with van der Waals surface area (Å²) in [7, 11) is -4.19. The molecule has 1 aromatic rings. The van der Waals surface area contributed by atoms with Gasteiger partial charge in [-0.3, -0.25) is 0 Å². The second-order valence-corrected chi connectivity index (χ2v) is 5.42. The summed E-state index contributed by atoms with van der Waals surface area (Å²) in [5.41, 5.74) is 6.58. The van der Waals surface area contributed by atoms with Crippen molar-refractivity contribution in [1.29, 1.82) is 0 Å². The van der Waals surface area contributed by atoms with Crippen molar-refractivity contribution in [2.45, 2.75) is 24.4 Å². The van der Waals surface area contributed by atoms with E-state index in [0.717, 1.165) is 11.6 Å². The summed E-state index contributed by atoms with van der Waals surface area (Å²) in [5.74, 6) is 0. The van der Waals surface area contributed by atoms with Gasteiger partial charge >= 0.3 is 6.18 Å². The molecule has 102 valence electrons. The number of sulfonamides is 1. The van der Waals surface area contributed by atoms with Gasteiger partial charge in [-0.15, -0.1) is 0 Å². The molecule has 0 aliphatic carbocycles. The van der Waals surface area contributed by atoms with Crippen molar-refractivity contribution >= 4 is 15.7 Å². The highest BCUT2D eigenvalue weighted by atomic mass is 32.2. The highest BCUT2D eigenvalue weighted by molar-refractivity contribution is 7.89. The maximum atomic E-state index is 11.9. The van der Waals surface area contributed by atoms with Gasteiger partial charge in [-0.25, -0.2) is 13.1 Å². The average Bonchev–Trinajstić information content (AvgIpc) is 2.25.